The number of fused-ring (bicyclic) bond motifs is 1. The summed E-state index contributed by atoms with van der Waals surface area (Å²) in [6, 6.07) is 6.94. The number of nitrogens with one attached hydrogen (secondary N) is 1. The standard InChI is InChI=1S/C13H10F3N5O2/c14-13(15,16)23-8-3-1-2-7(4-8)6-22-9-5-10(17)18-12-11(9)19-21-20-12/h1-5H,6H2,(H3,17,18,19,20,21). The predicted octanol–water partition coefficient (Wildman–Crippen LogP) is 2.41. The summed E-state index contributed by atoms with van der Waals surface area (Å²) in [6.07, 6.45) is -4.74. The predicted molar refractivity (Wildman–Crippen MR) is 73.6 cm³/mol. The van der Waals surface area contributed by atoms with Crippen molar-refractivity contribution in [3.05, 3.63) is 35.9 Å². The van der Waals surface area contributed by atoms with Crippen LogP contribution in [0.1, 0.15) is 5.56 Å². The number of benzene rings is 1. The van der Waals surface area contributed by atoms with Gasteiger partial charge in [0.1, 0.15) is 18.2 Å². The van der Waals surface area contributed by atoms with Crippen LogP contribution < -0.4 is 15.2 Å². The Morgan fingerprint density at radius 2 is 2.00 bits per heavy atom. The number of nitrogens with zero attached hydrogens (tertiary/aromatic N) is 3. The Bertz CT molecular complexity index is 834. The first-order chi connectivity index (χ1) is 10.9. The highest BCUT2D eigenvalue weighted by Gasteiger charge is 2.31. The molecule has 3 N–H and O–H groups in total. The number of aromatic nitrogens is 4. The van der Waals surface area contributed by atoms with Gasteiger partial charge in [0.2, 0.25) is 5.65 Å². The van der Waals surface area contributed by atoms with E-state index in [0.29, 0.717) is 16.8 Å². The number of pyridine rings is 1. The number of ether oxygens (including phenoxy) is 2. The number of H-pyrrole nitrogens is 1. The third-order valence-electron chi connectivity index (χ3n) is 2.80. The summed E-state index contributed by atoms with van der Waals surface area (Å²) in [5.74, 6) is 0.193. The fourth-order valence-electron chi connectivity index (χ4n) is 1.93. The van der Waals surface area contributed by atoms with Crippen molar-refractivity contribution in [2.24, 2.45) is 0 Å². The van der Waals surface area contributed by atoms with Gasteiger partial charge in [-0.25, -0.2) is 4.98 Å². The molecule has 7 nitrogen and oxygen atoms in total. The van der Waals surface area contributed by atoms with Crippen molar-refractivity contribution in [3.8, 4) is 11.5 Å². The quantitative estimate of drug-likeness (QED) is 0.764. The summed E-state index contributed by atoms with van der Waals surface area (Å²) >= 11 is 0. The van der Waals surface area contributed by atoms with Gasteiger partial charge in [-0.3, -0.25) is 0 Å². The largest absolute Gasteiger partial charge is 0.573 e. The minimum absolute atomic E-state index is 0.000467. The molecule has 0 saturated carbocycles. The average Bonchev–Trinajstić information content (AvgIpc) is 2.91. The summed E-state index contributed by atoms with van der Waals surface area (Å²) in [5.41, 5.74) is 6.78. The van der Waals surface area contributed by atoms with Crippen LogP contribution in [0.15, 0.2) is 30.3 Å². The zero-order chi connectivity index (χ0) is 16.4. The minimum Gasteiger partial charge on any atom is -0.486 e. The van der Waals surface area contributed by atoms with Crippen LogP contribution in [-0.2, 0) is 6.61 Å². The molecule has 0 amide bonds. The zero-order valence-corrected chi connectivity index (χ0v) is 11.5. The van der Waals surface area contributed by atoms with Crippen molar-refractivity contribution in [1.29, 1.82) is 0 Å². The van der Waals surface area contributed by atoms with Crippen LogP contribution in [0.3, 0.4) is 0 Å². The van der Waals surface area contributed by atoms with E-state index in [9.17, 15) is 13.2 Å². The first-order valence-corrected chi connectivity index (χ1v) is 6.35. The highest BCUT2D eigenvalue weighted by atomic mass is 19.4. The minimum atomic E-state index is -4.74. The molecule has 2 heterocycles. The molecule has 1 aromatic carbocycles. The Morgan fingerprint density at radius 1 is 1.17 bits per heavy atom. The third-order valence-corrected chi connectivity index (χ3v) is 2.80. The number of hydrogen-bond donors (Lipinski definition) is 2. The van der Waals surface area contributed by atoms with E-state index in [4.69, 9.17) is 10.5 Å². The van der Waals surface area contributed by atoms with E-state index in [1.54, 1.807) is 6.07 Å². The molecule has 0 unspecified atom stereocenters. The molecule has 10 heteroatoms. The second kappa shape index (κ2) is 5.63. The molecular weight excluding hydrogens is 315 g/mol. The van der Waals surface area contributed by atoms with Gasteiger partial charge in [0.25, 0.3) is 0 Å². The SMILES string of the molecule is Nc1cc(OCc2cccc(OC(F)(F)F)c2)c2n[nH]nc2n1. The summed E-state index contributed by atoms with van der Waals surface area (Å²) in [6.45, 7) is 0.000467. The normalized spacial score (nSPS) is 11.6. The van der Waals surface area contributed by atoms with Crippen LogP contribution in [0.25, 0.3) is 11.2 Å². The lowest BCUT2D eigenvalue weighted by molar-refractivity contribution is -0.274. The molecule has 2 aromatic heterocycles. The van der Waals surface area contributed by atoms with Gasteiger partial charge < -0.3 is 15.2 Å². The average molecular weight is 325 g/mol. The van der Waals surface area contributed by atoms with Crippen molar-refractivity contribution in [3.63, 3.8) is 0 Å². The number of halogens is 3. The molecule has 0 aliphatic carbocycles. The number of nitrogen functional groups attached to an aromatic ring is 1. The fourth-order valence-corrected chi connectivity index (χ4v) is 1.93. The number of aromatic amines is 1. The summed E-state index contributed by atoms with van der Waals surface area (Å²) in [4.78, 5) is 3.95. The number of nitrogens with two attached hydrogens (primary N) is 1. The van der Waals surface area contributed by atoms with E-state index in [1.807, 2.05) is 0 Å². The van der Waals surface area contributed by atoms with Crippen LogP contribution >= 0.6 is 0 Å². The molecule has 120 valence electrons. The van der Waals surface area contributed by atoms with Crippen LogP contribution in [0.2, 0.25) is 0 Å². The molecule has 3 aromatic rings. The highest BCUT2D eigenvalue weighted by molar-refractivity contribution is 5.78. The van der Waals surface area contributed by atoms with E-state index >= 15 is 0 Å². The fraction of sp³-hybridized carbons (Fsp3) is 0.154. The molecule has 0 radical (unpaired) electrons. The van der Waals surface area contributed by atoms with Gasteiger partial charge in [-0.2, -0.15) is 10.3 Å². The molecule has 0 bridgehead atoms. The first kappa shape index (κ1) is 14.9. The summed E-state index contributed by atoms with van der Waals surface area (Å²) in [7, 11) is 0. The van der Waals surface area contributed by atoms with E-state index in [1.165, 1.54) is 24.3 Å². The molecule has 23 heavy (non-hydrogen) atoms. The molecule has 0 aliphatic heterocycles. The Hall–Kier alpha value is -3.04. The van der Waals surface area contributed by atoms with E-state index < -0.39 is 6.36 Å². The Kier molecular flexibility index (Phi) is 3.64. The second-order valence-corrected chi connectivity index (χ2v) is 4.52. The summed E-state index contributed by atoms with van der Waals surface area (Å²) in [5, 5.41) is 10.1. The molecule has 0 saturated heterocycles. The number of rotatable bonds is 4. The Labute approximate surface area is 127 Å². The maximum absolute atomic E-state index is 12.2. The Morgan fingerprint density at radius 3 is 2.78 bits per heavy atom. The number of anilines is 1. The Balaban J connectivity index is 1.77. The van der Waals surface area contributed by atoms with E-state index in [2.05, 4.69) is 25.1 Å². The smallest absolute Gasteiger partial charge is 0.486 e. The number of hydrogen-bond acceptors (Lipinski definition) is 6. The molecule has 0 fully saturated rings. The molecule has 0 atom stereocenters. The van der Waals surface area contributed by atoms with Gasteiger partial charge in [0.15, 0.2) is 11.3 Å². The maximum atomic E-state index is 12.2. The third kappa shape index (κ3) is 3.59. The van der Waals surface area contributed by atoms with Crippen molar-refractivity contribution in [2.75, 3.05) is 5.73 Å². The maximum Gasteiger partial charge on any atom is 0.573 e. The van der Waals surface area contributed by atoms with Gasteiger partial charge in [-0.15, -0.1) is 18.3 Å². The van der Waals surface area contributed by atoms with Crippen molar-refractivity contribution in [1.82, 2.24) is 20.4 Å². The highest BCUT2D eigenvalue weighted by Crippen LogP contribution is 2.26. The first-order valence-electron chi connectivity index (χ1n) is 6.35. The van der Waals surface area contributed by atoms with Crippen LogP contribution in [0.4, 0.5) is 19.0 Å². The van der Waals surface area contributed by atoms with Gasteiger partial charge in [-0.05, 0) is 17.7 Å². The molecular formula is C13H10F3N5O2. The molecule has 0 aliphatic rings. The lowest BCUT2D eigenvalue weighted by Crippen LogP contribution is -2.17. The van der Waals surface area contributed by atoms with Crippen molar-refractivity contribution >= 4 is 17.0 Å². The van der Waals surface area contributed by atoms with Crippen molar-refractivity contribution in [2.45, 2.75) is 13.0 Å². The number of alkyl halides is 3. The monoisotopic (exact) mass is 325 g/mol. The van der Waals surface area contributed by atoms with Gasteiger partial charge >= 0.3 is 6.36 Å². The van der Waals surface area contributed by atoms with Crippen LogP contribution in [0.5, 0.6) is 11.5 Å². The van der Waals surface area contributed by atoms with Gasteiger partial charge in [0.05, 0.1) is 0 Å². The molecule has 0 spiro atoms. The lowest BCUT2D eigenvalue weighted by Gasteiger charge is -2.11. The lowest BCUT2D eigenvalue weighted by atomic mass is 10.2. The molecule has 3 rings (SSSR count). The summed E-state index contributed by atoms with van der Waals surface area (Å²) < 4.78 is 46.1. The second-order valence-electron chi connectivity index (χ2n) is 4.52. The van der Waals surface area contributed by atoms with Gasteiger partial charge in [0, 0.05) is 6.07 Å². The zero-order valence-electron chi connectivity index (χ0n) is 11.5. The van der Waals surface area contributed by atoms with E-state index in [0.717, 1.165) is 0 Å². The van der Waals surface area contributed by atoms with E-state index in [-0.39, 0.29) is 23.8 Å². The van der Waals surface area contributed by atoms with Gasteiger partial charge in [-0.1, -0.05) is 12.1 Å². The topological polar surface area (TPSA) is 98.9 Å². The van der Waals surface area contributed by atoms with Crippen LogP contribution in [-0.4, -0.2) is 26.8 Å². The van der Waals surface area contributed by atoms with Crippen LogP contribution in [0, 0.1) is 0 Å². The van der Waals surface area contributed by atoms with Crippen molar-refractivity contribution < 1.29 is 22.6 Å².